The van der Waals surface area contributed by atoms with E-state index in [0.29, 0.717) is 36.1 Å². The van der Waals surface area contributed by atoms with Gasteiger partial charge in [-0.2, -0.15) is 0 Å². The van der Waals surface area contributed by atoms with Crippen molar-refractivity contribution in [3.8, 4) is 0 Å². The van der Waals surface area contributed by atoms with Crippen molar-refractivity contribution in [2.45, 2.75) is 25.4 Å². The predicted octanol–water partition coefficient (Wildman–Crippen LogP) is 2.71. The summed E-state index contributed by atoms with van der Waals surface area (Å²) < 4.78 is 0.696. The van der Waals surface area contributed by atoms with Crippen molar-refractivity contribution in [1.29, 1.82) is 0 Å². The van der Waals surface area contributed by atoms with Crippen LogP contribution in [0.2, 0.25) is 0 Å². The molecule has 1 N–H and O–H groups in total. The molecular formula is C12H15BrN2O3. The normalized spacial score (nSPS) is 18.7. The standard InChI is InChI=1S/C12H15BrN2O3/c1-12(16)4-6-14(7-5-12)10-3-2-9(13)8-11(10)15(17)18/h2-3,8,16H,4-7H2,1H3. The lowest BCUT2D eigenvalue weighted by molar-refractivity contribution is -0.384. The Morgan fingerprint density at radius 1 is 1.44 bits per heavy atom. The van der Waals surface area contributed by atoms with Crippen LogP contribution in [0, 0.1) is 10.1 Å². The maximum Gasteiger partial charge on any atom is 0.293 e. The first-order valence-electron chi connectivity index (χ1n) is 5.80. The highest BCUT2D eigenvalue weighted by Crippen LogP contribution is 2.34. The average molecular weight is 315 g/mol. The molecule has 0 unspecified atom stereocenters. The summed E-state index contributed by atoms with van der Waals surface area (Å²) in [6.07, 6.45) is 1.25. The lowest BCUT2D eigenvalue weighted by Gasteiger charge is -2.36. The van der Waals surface area contributed by atoms with Crippen LogP contribution in [0.4, 0.5) is 11.4 Å². The molecule has 0 bridgehead atoms. The molecule has 6 heteroatoms. The molecule has 1 aromatic carbocycles. The minimum atomic E-state index is -0.652. The second-order valence-electron chi connectivity index (χ2n) is 4.87. The number of hydrogen-bond donors (Lipinski definition) is 1. The fraction of sp³-hybridized carbons (Fsp3) is 0.500. The fourth-order valence-electron chi connectivity index (χ4n) is 2.14. The summed E-state index contributed by atoms with van der Waals surface area (Å²) in [4.78, 5) is 12.6. The van der Waals surface area contributed by atoms with Gasteiger partial charge in [0.25, 0.3) is 5.69 Å². The monoisotopic (exact) mass is 314 g/mol. The lowest BCUT2D eigenvalue weighted by Crippen LogP contribution is -2.42. The molecule has 0 amide bonds. The quantitative estimate of drug-likeness (QED) is 0.673. The maximum absolute atomic E-state index is 11.1. The largest absolute Gasteiger partial charge is 0.390 e. The SMILES string of the molecule is CC1(O)CCN(c2ccc(Br)cc2[N+](=O)[O-])CC1. The van der Waals surface area contributed by atoms with E-state index in [0.717, 1.165) is 0 Å². The Labute approximate surface area is 114 Å². The predicted molar refractivity (Wildman–Crippen MR) is 72.9 cm³/mol. The number of hydrogen-bond acceptors (Lipinski definition) is 4. The van der Waals surface area contributed by atoms with E-state index >= 15 is 0 Å². The van der Waals surface area contributed by atoms with Crippen molar-refractivity contribution >= 4 is 27.3 Å². The molecule has 1 heterocycles. The summed E-state index contributed by atoms with van der Waals surface area (Å²) >= 11 is 3.24. The van der Waals surface area contributed by atoms with Crippen LogP contribution in [0.25, 0.3) is 0 Å². The Bertz CT molecular complexity index is 466. The van der Waals surface area contributed by atoms with E-state index in [9.17, 15) is 15.2 Å². The van der Waals surface area contributed by atoms with Gasteiger partial charge in [-0.1, -0.05) is 15.9 Å². The summed E-state index contributed by atoms with van der Waals surface area (Å²) in [6, 6.07) is 5.07. The lowest BCUT2D eigenvalue weighted by atomic mass is 9.93. The zero-order valence-corrected chi connectivity index (χ0v) is 11.7. The molecule has 5 nitrogen and oxygen atoms in total. The number of anilines is 1. The Kier molecular flexibility index (Phi) is 3.59. The van der Waals surface area contributed by atoms with Crippen molar-refractivity contribution in [3.05, 3.63) is 32.8 Å². The van der Waals surface area contributed by atoms with E-state index in [1.165, 1.54) is 6.07 Å². The van der Waals surface area contributed by atoms with E-state index in [2.05, 4.69) is 15.9 Å². The zero-order chi connectivity index (χ0) is 13.3. The number of rotatable bonds is 2. The van der Waals surface area contributed by atoms with Gasteiger partial charge in [0, 0.05) is 23.6 Å². The molecule has 2 rings (SSSR count). The second kappa shape index (κ2) is 4.85. The van der Waals surface area contributed by atoms with E-state index in [1.54, 1.807) is 19.1 Å². The summed E-state index contributed by atoms with van der Waals surface area (Å²) in [5.41, 5.74) is 0.0744. The van der Waals surface area contributed by atoms with Crippen LogP contribution in [0.5, 0.6) is 0 Å². The number of halogens is 1. The van der Waals surface area contributed by atoms with E-state index in [-0.39, 0.29) is 10.6 Å². The van der Waals surface area contributed by atoms with Crippen molar-refractivity contribution in [3.63, 3.8) is 0 Å². The smallest absolute Gasteiger partial charge is 0.293 e. The topological polar surface area (TPSA) is 66.6 Å². The molecule has 0 spiro atoms. The van der Waals surface area contributed by atoms with E-state index < -0.39 is 5.60 Å². The molecule has 0 atom stereocenters. The van der Waals surface area contributed by atoms with Crippen molar-refractivity contribution < 1.29 is 10.0 Å². The number of piperidine rings is 1. The van der Waals surface area contributed by atoms with Gasteiger partial charge in [0.15, 0.2) is 0 Å². The van der Waals surface area contributed by atoms with Gasteiger partial charge in [-0.15, -0.1) is 0 Å². The van der Waals surface area contributed by atoms with Crippen LogP contribution in [-0.2, 0) is 0 Å². The van der Waals surface area contributed by atoms with Crippen LogP contribution in [-0.4, -0.2) is 28.7 Å². The third-order valence-electron chi connectivity index (χ3n) is 3.32. The third kappa shape index (κ3) is 2.81. The minimum Gasteiger partial charge on any atom is -0.390 e. The third-order valence-corrected chi connectivity index (χ3v) is 3.81. The molecule has 0 saturated carbocycles. The highest BCUT2D eigenvalue weighted by atomic mass is 79.9. The summed E-state index contributed by atoms with van der Waals surface area (Å²) in [6.45, 7) is 3.07. The van der Waals surface area contributed by atoms with Gasteiger partial charge in [-0.05, 0) is 31.9 Å². The molecule has 0 aliphatic carbocycles. The number of nitro groups is 1. The van der Waals surface area contributed by atoms with Gasteiger partial charge in [-0.3, -0.25) is 10.1 Å². The van der Waals surface area contributed by atoms with Gasteiger partial charge in [0.1, 0.15) is 5.69 Å². The molecule has 18 heavy (non-hydrogen) atoms. The van der Waals surface area contributed by atoms with Gasteiger partial charge in [0.05, 0.1) is 10.5 Å². The van der Waals surface area contributed by atoms with Crippen LogP contribution in [0.15, 0.2) is 22.7 Å². The van der Waals surface area contributed by atoms with Crippen LogP contribution in [0.1, 0.15) is 19.8 Å². The molecular weight excluding hydrogens is 300 g/mol. The highest BCUT2D eigenvalue weighted by Gasteiger charge is 2.30. The van der Waals surface area contributed by atoms with Crippen LogP contribution < -0.4 is 4.90 Å². The Morgan fingerprint density at radius 2 is 2.06 bits per heavy atom. The van der Waals surface area contributed by atoms with Crippen LogP contribution in [0.3, 0.4) is 0 Å². The van der Waals surface area contributed by atoms with Gasteiger partial charge in [-0.25, -0.2) is 0 Å². The first-order chi connectivity index (χ1) is 8.39. The van der Waals surface area contributed by atoms with E-state index in [1.807, 2.05) is 4.90 Å². The summed E-state index contributed by atoms with van der Waals surface area (Å²) in [7, 11) is 0. The number of benzene rings is 1. The molecule has 98 valence electrons. The number of nitro benzene ring substituents is 1. The molecule has 1 fully saturated rings. The van der Waals surface area contributed by atoms with E-state index in [4.69, 9.17) is 0 Å². The molecule has 0 radical (unpaired) electrons. The minimum absolute atomic E-state index is 0.103. The Hall–Kier alpha value is -1.14. The van der Waals surface area contributed by atoms with Gasteiger partial charge >= 0.3 is 0 Å². The van der Waals surface area contributed by atoms with Crippen molar-refractivity contribution in [2.75, 3.05) is 18.0 Å². The van der Waals surface area contributed by atoms with Gasteiger partial charge in [0.2, 0.25) is 0 Å². The Balaban J connectivity index is 2.26. The van der Waals surface area contributed by atoms with Crippen molar-refractivity contribution in [2.24, 2.45) is 0 Å². The van der Waals surface area contributed by atoms with Gasteiger partial charge < -0.3 is 10.0 Å². The fourth-order valence-corrected chi connectivity index (χ4v) is 2.49. The number of aliphatic hydroxyl groups is 1. The first-order valence-corrected chi connectivity index (χ1v) is 6.60. The molecule has 1 saturated heterocycles. The summed E-state index contributed by atoms with van der Waals surface area (Å²) in [5.74, 6) is 0. The molecule has 1 aliphatic heterocycles. The average Bonchev–Trinajstić information content (AvgIpc) is 2.29. The van der Waals surface area contributed by atoms with Crippen LogP contribution >= 0.6 is 15.9 Å². The molecule has 1 aromatic rings. The number of nitrogens with zero attached hydrogens (tertiary/aromatic N) is 2. The highest BCUT2D eigenvalue weighted by molar-refractivity contribution is 9.10. The maximum atomic E-state index is 11.1. The molecule has 0 aromatic heterocycles. The second-order valence-corrected chi connectivity index (χ2v) is 5.79. The van der Waals surface area contributed by atoms with Crippen molar-refractivity contribution in [1.82, 2.24) is 0 Å². The summed E-state index contributed by atoms with van der Waals surface area (Å²) in [5, 5.41) is 20.9. The Morgan fingerprint density at radius 3 is 2.61 bits per heavy atom. The molecule has 1 aliphatic rings. The zero-order valence-electron chi connectivity index (χ0n) is 10.1. The first kappa shape index (κ1) is 13.3.